The average Bonchev–Trinajstić information content (AvgIpc) is 2.29. The maximum Gasteiger partial charge on any atom is 0.328 e. The fourth-order valence-corrected chi connectivity index (χ4v) is 1.13. The molecule has 1 N–H and O–H groups in total. The number of hydrogen-bond acceptors (Lipinski definition) is 2. The van der Waals surface area contributed by atoms with Crippen molar-refractivity contribution in [1.82, 2.24) is 0 Å². The van der Waals surface area contributed by atoms with Crippen LogP contribution < -0.4 is 4.90 Å². The van der Waals surface area contributed by atoms with Gasteiger partial charge in [-0.25, -0.2) is 4.79 Å². The van der Waals surface area contributed by atoms with Crippen molar-refractivity contribution >= 4 is 17.6 Å². The van der Waals surface area contributed by atoms with Gasteiger partial charge in [0, 0.05) is 24.0 Å². The van der Waals surface area contributed by atoms with Crippen LogP contribution in [0.15, 0.2) is 55.3 Å². The third-order valence-electron chi connectivity index (χ3n) is 1.82. The largest absolute Gasteiger partial charge is 0.478 e. The number of nitrogens with zero attached hydrogens (tertiary/aromatic N) is 1. The van der Waals surface area contributed by atoms with E-state index in [0.717, 1.165) is 12.2 Å². The number of carbonyl (C=O) groups excluding carboxylic acids is 1. The lowest BCUT2D eigenvalue weighted by Crippen LogP contribution is -2.22. The average molecular weight is 217 g/mol. The summed E-state index contributed by atoms with van der Waals surface area (Å²) in [7, 11) is 0. The number of carboxylic acid groups (broad SMARTS) is 1. The van der Waals surface area contributed by atoms with Crippen LogP contribution in [-0.2, 0) is 9.59 Å². The van der Waals surface area contributed by atoms with Gasteiger partial charge in [0.05, 0.1) is 0 Å². The summed E-state index contributed by atoms with van der Waals surface area (Å²) in [5.74, 6) is -1.62. The molecule has 1 aromatic rings. The molecule has 1 amide bonds. The van der Waals surface area contributed by atoms with E-state index in [1.165, 1.54) is 11.1 Å². The van der Waals surface area contributed by atoms with Gasteiger partial charge in [0.1, 0.15) is 0 Å². The number of carboxylic acids is 1. The van der Waals surface area contributed by atoms with Crippen molar-refractivity contribution in [2.24, 2.45) is 0 Å². The molecule has 0 fully saturated rings. The first-order chi connectivity index (χ1) is 7.65. The number of benzene rings is 1. The molecule has 0 bridgehead atoms. The molecule has 0 spiro atoms. The molecule has 4 nitrogen and oxygen atoms in total. The van der Waals surface area contributed by atoms with E-state index < -0.39 is 11.9 Å². The molecule has 0 radical (unpaired) electrons. The number of hydrogen-bond donors (Lipinski definition) is 1. The van der Waals surface area contributed by atoms with E-state index in [4.69, 9.17) is 5.11 Å². The van der Waals surface area contributed by atoms with Crippen LogP contribution in [0.3, 0.4) is 0 Å². The molecule has 0 unspecified atom stereocenters. The number of anilines is 1. The lowest BCUT2D eigenvalue weighted by molar-refractivity contribution is -0.131. The van der Waals surface area contributed by atoms with Crippen LogP contribution in [0, 0.1) is 0 Å². The molecule has 4 heteroatoms. The van der Waals surface area contributed by atoms with Crippen molar-refractivity contribution in [1.29, 1.82) is 0 Å². The zero-order valence-corrected chi connectivity index (χ0v) is 8.54. The zero-order valence-electron chi connectivity index (χ0n) is 8.54. The molecule has 0 aliphatic rings. The molecule has 0 saturated heterocycles. The van der Waals surface area contributed by atoms with Crippen molar-refractivity contribution < 1.29 is 14.7 Å². The number of carbonyl (C=O) groups is 2. The Morgan fingerprint density at radius 1 is 1.19 bits per heavy atom. The molecule has 0 aromatic heterocycles. The predicted octanol–water partition coefficient (Wildman–Crippen LogP) is 1.80. The number of amides is 1. The van der Waals surface area contributed by atoms with E-state index in [9.17, 15) is 9.59 Å². The summed E-state index contributed by atoms with van der Waals surface area (Å²) in [5.41, 5.74) is 0.637. The van der Waals surface area contributed by atoms with Gasteiger partial charge in [0.15, 0.2) is 0 Å². The van der Waals surface area contributed by atoms with Crippen molar-refractivity contribution in [3.63, 3.8) is 0 Å². The molecule has 0 aliphatic carbocycles. The van der Waals surface area contributed by atoms with Crippen LogP contribution >= 0.6 is 0 Å². The highest BCUT2D eigenvalue weighted by atomic mass is 16.4. The lowest BCUT2D eigenvalue weighted by Gasteiger charge is -2.15. The van der Waals surface area contributed by atoms with Crippen molar-refractivity contribution in [3.8, 4) is 0 Å². The Bertz CT molecular complexity index is 423. The molecule has 0 aliphatic heterocycles. The molecule has 0 saturated carbocycles. The Balaban J connectivity index is 2.88. The van der Waals surface area contributed by atoms with Crippen molar-refractivity contribution in [3.05, 3.63) is 55.3 Å². The molecule has 1 rings (SSSR count). The maximum atomic E-state index is 11.6. The summed E-state index contributed by atoms with van der Waals surface area (Å²) >= 11 is 0. The zero-order chi connectivity index (χ0) is 12.0. The predicted molar refractivity (Wildman–Crippen MR) is 60.9 cm³/mol. The van der Waals surface area contributed by atoms with Gasteiger partial charge in [-0.15, -0.1) is 0 Å². The van der Waals surface area contributed by atoms with Gasteiger partial charge >= 0.3 is 5.97 Å². The molecule has 0 heterocycles. The molecule has 16 heavy (non-hydrogen) atoms. The summed E-state index contributed by atoms with van der Waals surface area (Å²) in [5, 5.41) is 8.40. The topological polar surface area (TPSA) is 57.6 Å². The first-order valence-electron chi connectivity index (χ1n) is 4.57. The highest BCUT2D eigenvalue weighted by molar-refractivity contribution is 6.05. The summed E-state index contributed by atoms with van der Waals surface area (Å²) in [6, 6.07) is 8.84. The van der Waals surface area contributed by atoms with Crippen LogP contribution in [0.25, 0.3) is 0 Å². The van der Waals surface area contributed by atoms with E-state index in [2.05, 4.69) is 6.58 Å². The van der Waals surface area contributed by atoms with Crippen LogP contribution in [0.4, 0.5) is 5.69 Å². The molecular weight excluding hydrogens is 206 g/mol. The summed E-state index contributed by atoms with van der Waals surface area (Å²) in [6.45, 7) is 3.51. The first-order valence-corrected chi connectivity index (χ1v) is 4.57. The third kappa shape index (κ3) is 3.09. The highest BCUT2D eigenvalue weighted by Gasteiger charge is 2.08. The van der Waals surface area contributed by atoms with E-state index in [1.54, 1.807) is 24.3 Å². The van der Waals surface area contributed by atoms with E-state index in [-0.39, 0.29) is 0 Å². The Morgan fingerprint density at radius 3 is 2.31 bits per heavy atom. The van der Waals surface area contributed by atoms with Crippen LogP contribution in [0.5, 0.6) is 0 Å². The quantitative estimate of drug-likeness (QED) is 0.782. The standard InChI is InChI=1S/C12H11NO3/c1-2-13(10-6-4-3-5-7-10)11(14)8-9-12(15)16/h2-9H,1H2,(H,15,16). The second kappa shape index (κ2) is 5.50. The van der Waals surface area contributed by atoms with Gasteiger partial charge in [-0.05, 0) is 12.1 Å². The van der Waals surface area contributed by atoms with Crippen LogP contribution in [0.1, 0.15) is 0 Å². The third-order valence-corrected chi connectivity index (χ3v) is 1.82. The van der Waals surface area contributed by atoms with Gasteiger partial charge in [0.25, 0.3) is 5.91 Å². The van der Waals surface area contributed by atoms with Gasteiger partial charge in [-0.3, -0.25) is 9.69 Å². The second-order valence-electron chi connectivity index (χ2n) is 2.90. The van der Waals surface area contributed by atoms with Crippen LogP contribution in [-0.4, -0.2) is 17.0 Å². The Hall–Kier alpha value is -2.36. The monoisotopic (exact) mass is 217 g/mol. The van der Waals surface area contributed by atoms with Crippen molar-refractivity contribution in [2.45, 2.75) is 0 Å². The summed E-state index contributed by atoms with van der Waals surface area (Å²) in [4.78, 5) is 23.1. The fraction of sp³-hybridized carbons (Fsp3) is 0. The second-order valence-corrected chi connectivity index (χ2v) is 2.90. The van der Waals surface area contributed by atoms with Crippen molar-refractivity contribution in [2.75, 3.05) is 4.90 Å². The molecule has 82 valence electrons. The minimum Gasteiger partial charge on any atom is -0.478 e. The van der Waals surface area contributed by atoms with Crippen LogP contribution in [0.2, 0.25) is 0 Å². The smallest absolute Gasteiger partial charge is 0.328 e. The van der Waals surface area contributed by atoms with Gasteiger partial charge in [0.2, 0.25) is 0 Å². The fourth-order valence-electron chi connectivity index (χ4n) is 1.13. The molecular formula is C12H11NO3. The number of aliphatic carboxylic acids is 1. The normalized spacial score (nSPS) is 10.0. The van der Waals surface area contributed by atoms with Gasteiger partial charge < -0.3 is 5.11 Å². The Labute approximate surface area is 93.1 Å². The van der Waals surface area contributed by atoms with E-state index in [1.807, 2.05) is 6.07 Å². The maximum absolute atomic E-state index is 11.6. The Kier molecular flexibility index (Phi) is 4.03. The lowest BCUT2D eigenvalue weighted by atomic mass is 10.3. The Morgan fingerprint density at radius 2 is 1.81 bits per heavy atom. The van der Waals surface area contributed by atoms with Gasteiger partial charge in [-0.1, -0.05) is 24.8 Å². The molecule has 1 aromatic carbocycles. The first kappa shape index (κ1) is 11.7. The highest BCUT2D eigenvalue weighted by Crippen LogP contribution is 2.13. The number of para-hydroxylation sites is 1. The van der Waals surface area contributed by atoms with E-state index >= 15 is 0 Å². The van der Waals surface area contributed by atoms with Gasteiger partial charge in [-0.2, -0.15) is 0 Å². The minimum atomic E-state index is -1.16. The molecule has 0 atom stereocenters. The van der Waals surface area contributed by atoms with E-state index in [0.29, 0.717) is 5.69 Å². The minimum absolute atomic E-state index is 0.455. The summed E-state index contributed by atoms with van der Waals surface area (Å²) in [6.07, 6.45) is 3.11. The number of rotatable bonds is 4. The summed E-state index contributed by atoms with van der Waals surface area (Å²) < 4.78 is 0. The SMILES string of the molecule is C=CN(C(=O)C=CC(=O)O)c1ccccc1.